The van der Waals surface area contributed by atoms with Crippen LogP contribution >= 0.6 is 0 Å². The van der Waals surface area contributed by atoms with Gasteiger partial charge in [0.05, 0.1) is 20.8 Å². The highest BCUT2D eigenvalue weighted by atomic mass is 19.1. The number of hydrogen-bond acceptors (Lipinski definition) is 7. The van der Waals surface area contributed by atoms with E-state index in [-0.39, 0.29) is 17.4 Å². The Hall–Kier alpha value is -3.43. The summed E-state index contributed by atoms with van der Waals surface area (Å²) in [5, 5.41) is 2.83. The normalized spacial score (nSPS) is 11.1. The van der Waals surface area contributed by atoms with Gasteiger partial charge in [-0.2, -0.15) is 0 Å². The van der Waals surface area contributed by atoms with E-state index in [0.29, 0.717) is 37.8 Å². The third-order valence-electron chi connectivity index (χ3n) is 5.19. The molecule has 2 aromatic carbocycles. The summed E-state index contributed by atoms with van der Waals surface area (Å²) in [6, 6.07) is 11.9. The zero-order valence-electron chi connectivity index (χ0n) is 20.0. The molecule has 8 nitrogen and oxygen atoms in total. The lowest BCUT2D eigenvalue weighted by molar-refractivity contribution is 0.0946. The maximum Gasteiger partial charge on any atom is 0.273 e. The first-order valence-corrected chi connectivity index (χ1v) is 10.9. The van der Waals surface area contributed by atoms with Crippen molar-refractivity contribution in [2.24, 2.45) is 0 Å². The largest absolute Gasteiger partial charge is 0.497 e. The molecule has 0 aliphatic carbocycles. The molecule has 0 atom stereocenters. The fraction of sp³-hybridized carbons (Fsp3) is 0.360. The number of ether oxygens (including phenoxy) is 2. The number of oxazole rings is 1. The molecule has 0 aliphatic rings. The third-order valence-corrected chi connectivity index (χ3v) is 5.19. The first-order valence-electron chi connectivity index (χ1n) is 10.9. The minimum atomic E-state index is -0.289. The van der Waals surface area contributed by atoms with E-state index < -0.39 is 0 Å². The van der Waals surface area contributed by atoms with Crippen LogP contribution in [0.4, 0.5) is 4.39 Å². The molecule has 0 bridgehead atoms. The molecule has 1 amide bonds. The minimum absolute atomic E-state index is 0.231. The molecule has 9 heteroatoms. The van der Waals surface area contributed by atoms with Crippen molar-refractivity contribution in [3.8, 4) is 11.5 Å². The van der Waals surface area contributed by atoms with Crippen molar-refractivity contribution in [3.63, 3.8) is 0 Å². The predicted octanol–water partition coefficient (Wildman–Crippen LogP) is 3.32. The molecule has 34 heavy (non-hydrogen) atoms. The number of nitrogens with one attached hydrogen (secondary N) is 1. The van der Waals surface area contributed by atoms with Gasteiger partial charge in [-0.05, 0) is 50.0 Å². The SMILES string of the molecule is COc1ccc(OC)c(CN(Cc2ccc(F)cc2)Cc2nc(C(=O)NCCN(C)C)co2)c1. The van der Waals surface area contributed by atoms with E-state index in [1.165, 1.54) is 18.4 Å². The van der Waals surface area contributed by atoms with Gasteiger partial charge in [-0.3, -0.25) is 9.69 Å². The molecule has 182 valence electrons. The van der Waals surface area contributed by atoms with Crippen molar-refractivity contribution in [2.45, 2.75) is 19.6 Å². The lowest BCUT2D eigenvalue weighted by Crippen LogP contribution is -2.31. The van der Waals surface area contributed by atoms with Gasteiger partial charge in [0.25, 0.3) is 5.91 Å². The third kappa shape index (κ3) is 7.29. The topological polar surface area (TPSA) is 80.1 Å². The van der Waals surface area contributed by atoms with Gasteiger partial charge in [-0.1, -0.05) is 12.1 Å². The van der Waals surface area contributed by atoms with Gasteiger partial charge in [0, 0.05) is 31.7 Å². The van der Waals surface area contributed by atoms with Crippen LogP contribution in [0.25, 0.3) is 0 Å². The number of hydrogen-bond donors (Lipinski definition) is 1. The van der Waals surface area contributed by atoms with Crippen molar-refractivity contribution in [1.29, 1.82) is 0 Å². The summed E-state index contributed by atoms with van der Waals surface area (Å²) in [7, 11) is 7.10. The molecule has 0 radical (unpaired) electrons. The summed E-state index contributed by atoms with van der Waals surface area (Å²) in [5.74, 6) is 1.27. The number of rotatable bonds is 12. The number of methoxy groups -OCH3 is 2. The predicted molar refractivity (Wildman–Crippen MR) is 126 cm³/mol. The van der Waals surface area contributed by atoms with E-state index in [1.54, 1.807) is 26.4 Å². The summed E-state index contributed by atoms with van der Waals surface area (Å²) in [5.41, 5.74) is 2.07. The molecule has 0 saturated heterocycles. The van der Waals surface area contributed by atoms with Crippen molar-refractivity contribution in [1.82, 2.24) is 20.1 Å². The van der Waals surface area contributed by atoms with Gasteiger partial charge in [0.1, 0.15) is 23.6 Å². The van der Waals surface area contributed by atoms with Crippen LogP contribution in [-0.2, 0) is 19.6 Å². The van der Waals surface area contributed by atoms with E-state index in [4.69, 9.17) is 13.9 Å². The number of carbonyl (C=O) groups excluding carboxylic acids is 1. The second kappa shape index (κ2) is 12.2. The molecule has 1 aromatic heterocycles. The number of amides is 1. The molecule has 0 fully saturated rings. The van der Waals surface area contributed by atoms with Crippen LogP contribution in [0.2, 0.25) is 0 Å². The first kappa shape index (κ1) is 25.2. The maximum absolute atomic E-state index is 13.4. The van der Waals surface area contributed by atoms with E-state index >= 15 is 0 Å². The molecule has 0 unspecified atom stereocenters. The number of nitrogens with zero attached hydrogens (tertiary/aromatic N) is 3. The fourth-order valence-corrected chi connectivity index (χ4v) is 3.42. The summed E-state index contributed by atoms with van der Waals surface area (Å²) in [6.45, 7) is 2.57. The van der Waals surface area contributed by atoms with Crippen molar-refractivity contribution >= 4 is 5.91 Å². The van der Waals surface area contributed by atoms with Crippen molar-refractivity contribution < 1.29 is 23.1 Å². The minimum Gasteiger partial charge on any atom is -0.497 e. The Morgan fingerprint density at radius 1 is 1.06 bits per heavy atom. The van der Waals surface area contributed by atoms with Crippen molar-refractivity contribution in [3.05, 3.63) is 77.3 Å². The van der Waals surface area contributed by atoms with E-state index in [2.05, 4.69) is 15.2 Å². The molecule has 0 spiro atoms. The Balaban J connectivity index is 1.77. The Morgan fingerprint density at radius 2 is 1.82 bits per heavy atom. The average Bonchev–Trinajstić information content (AvgIpc) is 3.28. The quantitative estimate of drug-likeness (QED) is 0.435. The molecular weight excluding hydrogens is 439 g/mol. The maximum atomic E-state index is 13.4. The number of likely N-dealkylation sites (N-methyl/N-ethyl adjacent to an activating group) is 1. The van der Waals surface area contributed by atoms with Gasteiger partial charge < -0.3 is 24.1 Å². The second-order valence-electron chi connectivity index (χ2n) is 8.14. The van der Waals surface area contributed by atoms with Gasteiger partial charge >= 0.3 is 0 Å². The molecule has 0 aliphatic heterocycles. The summed E-state index contributed by atoms with van der Waals surface area (Å²) < 4.78 is 29.9. The Labute approximate surface area is 199 Å². The van der Waals surface area contributed by atoms with Gasteiger partial charge in [-0.25, -0.2) is 9.37 Å². The smallest absolute Gasteiger partial charge is 0.273 e. The molecule has 3 rings (SSSR count). The van der Waals surface area contributed by atoms with E-state index in [9.17, 15) is 9.18 Å². The Kier molecular flexibility index (Phi) is 9.00. The lowest BCUT2D eigenvalue weighted by Gasteiger charge is -2.22. The highest BCUT2D eigenvalue weighted by Gasteiger charge is 2.17. The first-order chi connectivity index (χ1) is 16.4. The lowest BCUT2D eigenvalue weighted by atomic mass is 10.1. The van der Waals surface area contributed by atoms with Crippen LogP contribution in [-0.4, -0.2) is 62.1 Å². The summed E-state index contributed by atoms with van der Waals surface area (Å²) in [6.07, 6.45) is 1.36. The fourth-order valence-electron chi connectivity index (χ4n) is 3.42. The number of benzene rings is 2. The Bertz CT molecular complexity index is 1070. The number of aromatic nitrogens is 1. The molecular formula is C25H31FN4O4. The van der Waals surface area contributed by atoms with Gasteiger partial charge in [0.15, 0.2) is 5.69 Å². The second-order valence-corrected chi connectivity index (χ2v) is 8.14. The van der Waals surface area contributed by atoms with Crippen LogP contribution in [0.3, 0.4) is 0 Å². The van der Waals surface area contributed by atoms with E-state index in [0.717, 1.165) is 23.4 Å². The standard InChI is InChI=1S/C25H31FN4O4/c1-29(2)12-11-27-25(31)22-17-34-24(28-22)16-30(14-18-5-7-20(26)8-6-18)15-19-13-21(32-3)9-10-23(19)33-4/h5-10,13,17H,11-12,14-16H2,1-4H3,(H,27,31). The highest BCUT2D eigenvalue weighted by Crippen LogP contribution is 2.26. The zero-order chi connectivity index (χ0) is 24.5. The van der Waals surface area contributed by atoms with Crippen molar-refractivity contribution in [2.75, 3.05) is 41.4 Å². The molecule has 1 heterocycles. The summed E-state index contributed by atoms with van der Waals surface area (Å²) in [4.78, 5) is 20.8. The molecule has 0 saturated carbocycles. The van der Waals surface area contributed by atoms with Crippen LogP contribution in [0, 0.1) is 5.82 Å². The van der Waals surface area contributed by atoms with Crippen LogP contribution in [0.15, 0.2) is 53.1 Å². The highest BCUT2D eigenvalue weighted by molar-refractivity contribution is 5.91. The number of halogens is 1. The Morgan fingerprint density at radius 3 is 2.50 bits per heavy atom. The van der Waals surface area contributed by atoms with Crippen LogP contribution in [0.5, 0.6) is 11.5 Å². The zero-order valence-corrected chi connectivity index (χ0v) is 20.0. The van der Waals surface area contributed by atoms with Crippen LogP contribution in [0.1, 0.15) is 27.5 Å². The average molecular weight is 471 g/mol. The van der Waals surface area contributed by atoms with Gasteiger partial charge in [-0.15, -0.1) is 0 Å². The van der Waals surface area contributed by atoms with Crippen LogP contribution < -0.4 is 14.8 Å². The van der Waals surface area contributed by atoms with Gasteiger partial charge in [0.2, 0.25) is 5.89 Å². The molecule has 1 N–H and O–H groups in total. The molecule has 3 aromatic rings. The number of carbonyl (C=O) groups is 1. The van der Waals surface area contributed by atoms with E-state index in [1.807, 2.05) is 37.2 Å². The monoisotopic (exact) mass is 470 g/mol. The summed E-state index contributed by atoms with van der Waals surface area (Å²) >= 11 is 0.